The van der Waals surface area contributed by atoms with E-state index in [4.69, 9.17) is 19.8 Å². The molecule has 30 heavy (non-hydrogen) atoms. The summed E-state index contributed by atoms with van der Waals surface area (Å²) in [7, 11) is 0. The number of rotatable bonds is 6. The van der Waals surface area contributed by atoms with Gasteiger partial charge in [0.15, 0.2) is 6.10 Å². The maximum absolute atomic E-state index is 12.1. The largest absolute Gasteiger partial charge is 0.479 e. The number of carboxylic acids is 1. The summed E-state index contributed by atoms with van der Waals surface area (Å²) in [5.74, 6) is -2.88. The molecule has 1 aromatic rings. The first-order valence-electron chi connectivity index (χ1n) is 9.61. The van der Waals surface area contributed by atoms with Gasteiger partial charge in [-0.3, -0.25) is 0 Å². The van der Waals surface area contributed by atoms with Crippen LogP contribution in [0.1, 0.15) is 30.7 Å². The highest BCUT2D eigenvalue weighted by Crippen LogP contribution is 2.29. The quantitative estimate of drug-likeness (QED) is 0.248. The highest BCUT2D eigenvalue weighted by Gasteiger charge is 2.48. The second-order valence-electron chi connectivity index (χ2n) is 7.37. The van der Waals surface area contributed by atoms with Crippen molar-refractivity contribution >= 4 is 11.9 Å². The zero-order valence-electron chi connectivity index (χ0n) is 16.0. The SMILES string of the molecule is O=C(O)[C@H]1O[C@@H](Oc2ccc([C@H](C(=O)OO)[C@@H]3CCCCN3)cc2)[C@H](O)[C@@H](O)[C@@H]1O. The minimum Gasteiger partial charge on any atom is -0.479 e. The minimum atomic E-state index is -1.81. The third-order valence-electron chi connectivity index (χ3n) is 5.40. The van der Waals surface area contributed by atoms with Gasteiger partial charge in [0.1, 0.15) is 30.0 Å². The summed E-state index contributed by atoms with van der Waals surface area (Å²) in [4.78, 5) is 27.3. The molecular formula is C19H25NO10. The smallest absolute Gasteiger partial charge is 0.351 e. The molecule has 6 N–H and O–H groups in total. The Morgan fingerprint density at radius 1 is 1.07 bits per heavy atom. The van der Waals surface area contributed by atoms with Gasteiger partial charge in [-0.25, -0.2) is 9.59 Å². The maximum atomic E-state index is 12.1. The van der Waals surface area contributed by atoms with E-state index in [0.29, 0.717) is 5.56 Å². The van der Waals surface area contributed by atoms with Crippen LogP contribution in [0.4, 0.5) is 0 Å². The lowest BCUT2D eigenvalue weighted by Crippen LogP contribution is -2.61. The van der Waals surface area contributed by atoms with Crippen molar-refractivity contribution < 1.29 is 49.6 Å². The van der Waals surface area contributed by atoms with Crippen LogP contribution in [0.15, 0.2) is 24.3 Å². The lowest BCUT2D eigenvalue weighted by atomic mass is 9.86. The van der Waals surface area contributed by atoms with Crippen molar-refractivity contribution in [3.63, 3.8) is 0 Å². The Morgan fingerprint density at radius 3 is 2.33 bits per heavy atom. The third-order valence-corrected chi connectivity index (χ3v) is 5.40. The second kappa shape index (κ2) is 9.69. The Morgan fingerprint density at radius 2 is 1.77 bits per heavy atom. The van der Waals surface area contributed by atoms with Gasteiger partial charge in [0.25, 0.3) is 0 Å². The molecule has 0 amide bonds. The number of carbonyl (C=O) groups is 2. The van der Waals surface area contributed by atoms with E-state index < -0.39 is 48.6 Å². The number of nitrogens with one attached hydrogen (secondary N) is 1. The van der Waals surface area contributed by atoms with Crippen molar-refractivity contribution in [1.29, 1.82) is 0 Å². The standard InChI is InChI=1S/C19H25NO10/c21-13-14(22)16(17(24)25)29-19(15(13)23)28-10-6-4-9(5-7-10)12(18(26)30-27)11-3-1-2-8-20-11/h4-7,11-16,19-23,27H,1-3,8H2,(H,24,25)/t11-,12-,13-,14-,15+,16-,19+/m0/s1. The molecule has 0 aliphatic carbocycles. The lowest BCUT2D eigenvalue weighted by Gasteiger charge is -2.38. The van der Waals surface area contributed by atoms with Crippen molar-refractivity contribution in [2.75, 3.05) is 6.54 Å². The van der Waals surface area contributed by atoms with Crippen molar-refractivity contribution in [3.05, 3.63) is 29.8 Å². The molecular weight excluding hydrogens is 402 g/mol. The van der Waals surface area contributed by atoms with Gasteiger partial charge in [-0.1, -0.05) is 18.6 Å². The molecule has 11 nitrogen and oxygen atoms in total. The average Bonchev–Trinajstić information content (AvgIpc) is 2.75. The Labute approximate surface area is 171 Å². The van der Waals surface area contributed by atoms with Crippen LogP contribution < -0.4 is 10.1 Å². The van der Waals surface area contributed by atoms with Crippen LogP contribution in [-0.2, 0) is 19.2 Å². The molecule has 11 heteroatoms. The van der Waals surface area contributed by atoms with Gasteiger partial charge in [-0.05, 0) is 37.1 Å². The number of carboxylic acid groups (broad SMARTS) is 1. The van der Waals surface area contributed by atoms with Gasteiger partial charge in [0.05, 0.1) is 0 Å². The van der Waals surface area contributed by atoms with E-state index >= 15 is 0 Å². The lowest BCUT2D eigenvalue weighted by molar-refractivity contribution is -0.271. The number of hydrogen-bond donors (Lipinski definition) is 6. The van der Waals surface area contributed by atoms with Crippen LogP contribution in [0.2, 0.25) is 0 Å². The first kappa shape index (κ1) is 22.4. The monoisotopic (exact) mass is 427 g/mol. The van der Waals surface area contributed by atoms with Crippen LogP contribution in [-0.4, -0.2) is 80.9 Å². The summed E-state index contributed by atoms with van der Waals surface area (Å²) < 4.78 is 10.5. The first-order chi connectivity index (χ1) is 14.3. The maximum Gasteiger partial charge on any atom is 0.351 e. The fraction of sp³-hybridized carbons (Fsp3) is 0.579. The minimum absolute atomic E-state index is 0.170. The summed E-state index contributed by atoms with van der Waals surface area (Å²) in [5, 5.41) is 50.8. The molecule has 2 aliphatic rings. The van der Waals surface area contributed by atoms with E-state index in [-0.39, 0.29) is 11.8 Å². The van der Waals surface area contributed by atoms with Gasteiger partial charge in [-0.15, -0.1) is 0 Å². The van der Waals surface area contributed by atoms with Gasteiger partial charge < -0.3 is 40.1 Å². The molecule has 1 aromatic carbocycles. The van der Waals surface area contributed by atoms with Crippen molar-refractivity contribution in [2.45, 2.75) is 61.9 Å². The van der Waals surface area contributed by atoms with E-state index in [1.807, 2.05) is 0 Å². The number of aliphatic carboxylic acids is 1. The highest BCUT2D eigenvalue weighted by molar-refractivity contribution is 5.78. The van der Waals surface area contributed by atoms with E-state index in [1.54, 1.807) is 12.1 Å². The van der Waals surface area contributed by atoms with E-state index in [0.717, 1.165) is 25.8 Å². The van der Waals surface area contributed by atoms with Gasteiger partial charge >= 0.3 is 11.9 Å². The van der Waals surface area contributed by atoms with E-state index in [9.17, 15) is 24.9 Å². The zero-order chi connectivity index (χ0) is 21.8. The molecule has 0 spiro atoms. The molecule has 0 radical (unpaired) electrons. The fourth-order valence-corrected chi connectivity index (χ4v) is 3.79. The van der Waals surface area contributed by atoms with Crippen molar-refractivity contribution in [1.82, 2.24) is 5.32 Å². The van der Waals surface area contributed by atoms with Crippen LogP contribution in [0.25, 0.3) is 0 Å². The summed E-state index contributed by atoms with van der Waals surface area (Å²) in [6.45, 7) is 0.747. The van der Waals surface area contributed by atoms with E-state index in [1.165, 1.54) is 12.1 Å². The molecule has 2 aliphatic heterocycles. The molecule has 0 unspecified atom stereocenters. The average molecular weight is 427 g/mol. The highest BCUT2D eigenvalue weighted by atomic mass is 17.1. The molecule has 2 heterocycles. The number of ether oxygens (including phenoxy) is 2. The van der Waals surface area contributed by atoms with Crippen molar-refractivity contribution in [3.8, 4) is 5.75 Å². The molecule has 3 rings (SSSR count). The Hall–Kier alpha value is -2.28. The van der Waals surface area contributed by atoms with Crippen LogP contribution in [0, 0.1) is 0 Å². The molecule has 2 saturated heterocycles. The Kier molecular flexibility index (Phi) is 7.23. The summed E-state index contributed by atoms with van der Waals surface area (Å²) in [6.07, 6.45) is -5.91. The van der Waals surface area contributed by atoms with Gasteiger partial charge in [0, 0.05) is 6.04 Å². The van der Waals surface area contributed by atoms with E-state index in [2.05, 4.69) is 10.2 Å². The molecule has 7 atom stereocenters. The van der Waals surface area contributed by atoms with Gasteiger partial charge in [0.2, 0.25) is 6.29 Å². The fourth-order valence-electron chi connectivity index (χ4n) is 3.79. The number of hydrogen-bond acceptors (Lipinski definition) is 10. The topological polar surface area (TPSA) is 175 Å². The molecule has 2 fully saturated rings. The normalized spacial score (nSPS) is 32.8. The summed E-state index contributed by atoms with van der Waals surface area (Å²) >= 11 is 0. The second-order valence-corrected chi connectivity index (χ2v) is 7.37. The van der Waals surface area contributed by atoms with Crippen LogP contribution >= 0.6 is 0 Å². The molecule has 166 valence electrons. The Balaban J connectivity index is 1.74. The number of aliphatic hydroxyl groups excluding tert-OH is 3. The predicted molar refractivity (Wildman–Crippen MR) is 98.5 cm³/mol. The van der Waals surface area contributed by atoms with Crippen LogP contribution in [0.5, 0.6) is 5.75 Å². The van der Waals surface area contributed by atoms with Gasteiger partial charge in [-0.2, -0.15) is 5.26 Å². The zero-order valence-corrected chi connectivity index (χ0v) is 16.0. The Bertz CT molecular complexity index is 735. The van der Waals surface area contributed by atoms with Crippen LogP contribution in [0.3, 0.4) is 0 Å². The van der Waals surface area contributed by atoms with Crippen molar-refractivity contribution in [2.24, 2.45) is 0 Å². The third kappa shape index (κ3) is 4.72. The summed E-state index contributed by atoms with van der Waals surface area (Å²) in [6, 6.07) is 5.88. The number of aliphatic hydroxyl groups is 3. The summed E-state index contributed by atoms with van der Waals surface area (Å²) in [5.41, 5.74) is 0.560. The number of piperidine rings is 1. The number of benzene rings is 1. The number of carbonyl (C=O) groups excluding carboxylic acids is 1. The molecule has 0 saturated carbocycles. The molecule has 0 aromatic heterocycles. The molecule has 0 bridgehead atoms. The predicted octanol–water partition coefficient (Wildman–Crippen LogP) is -0.800. The first-order valence-corrected chi connectivity index (χ1v) is 9.61.